The number of rotatable bonds is 9. The molecule has 1 heterocycles. The van der Waals surface area contributed by atoms with Crippen LogP contribution in [0.2, 0.25) is 0 Å². The van der Waals surface area contributed by atoms with Crippen LogP contribution in [-0.4, -0.2) is 55.0 Å². The highest BCUT2D eigenvalue weighted by Gasteiger charge is 2.36. The molecule has 0 unspecified atom stereocenters. The molecule has 2 amide bonds. The summed E-state index contributed by atoms with van der Waals surface area (Å²) in [7, 11) is 0. The van der Waals surface area contributed by atoms with E-state index in [2.05, 4.69) is 34.9 Å². The first-order valence-corrected chi connectivity index (χ1v) is 12.1. The molecule has 0 spiro atoms. The van der Waals surface area contributed by atoms with E-state index in [1.54, 1.807) is 0 Å². The standard InChI is InChI=1S/C27H32N2O6/c1-16(2)23(13-24(30)31)29-26(32)25-17(11-12-34-25)14-28-27(33)35-15-22-20-9-5-3-7-18(20)19-8-4-6-10-21(19)22/h3-10,16-17,22-23,25H,11-15H2,1-2H3,(H,28,33)(H,29,32)(H,30,31)/t17-,23+,25-/m1/s1. The molecule has 1 fully saturated rings. The van der Waals surface area contributed by atoms with Gasteiger partial charge in [0.1, 0.15) is 12.7 Å². The van der Waals surface area contributed by atoms with E-state index in [4.69, 9.17) is 14.6 Å². The van der Waals surface area contributed by atoms with Crippen LogP contribution in [0, 0.1) is 11.8 Å². The van der Waals surface area contributed by atoms with E-state index in [0.717, 1.165) is 22.3 Å². The largest absolute Gasteiger partial charge is 0.481 e. The van der Waals surface area contributed by atoms with Crippen molar-refractivity contribution in [3.05, 3.63) is 59.7 Å². The van der Waals surface area contributed by atoms with E-state index in [1.165, 1.54) is 0 Å². The summed E-state index contributed by atoms with van der Waals surface area (Å²) < 4.78 is 11.2. The predicted octanol–water partition coefficient (Wildman–Crippen LogP) is 3.55. The quantitative estimate of drug-likeness (QED) is 0.506. The fraction of sp³-hybridized carbons (Fsp3) is 0.444. The van der Waals surface area contributed by atoms with E-state index in [0.29, 0.717) is 13.0 Å². The van der Waals surface area contributed by atoms with Gasteiger partial charge in [-0.05, 0) is 34.6 Å². The van der Waals surface area contributed by atoms with Gasteiger partial charge < -0.3 is 25.2 Å². The van der Waals surface area contributed by atoms with Crippen molar-refractivity contribution in [2.45, 2.75) is 44.8 Å². The molecule has 35 heavy (non-hydrogen) atoms. The number of alkyl carbamates (subject to hydrolysis) is 1. The minimum atomic E-state index is -0.968. The highest BCUT2D eigenvalue weighted by molar-refractivity contribution is 5.82. The highest BCUT2D eigenvalue weighted by Crippen LogP contribution is 2.44. The summed E-state index contributed by atoms with van der Waals surface area (Å²) in [5.41, 5.74) is 4.61. The number of nitrogens with one attached hydrogen (secondary N) is 2. The van der Waals surface area contributed by atoms with Crippen LogP contribution >= 0.6 is 0 Å². The Labute approximate surface area is 205 Å². The van der Waals surface area contributed by atoms with Crippen molar-refractivity contribution in [2.24, 2.45) is 11.8 Å². The van der Waals surface area contributed by atoms with Crippen molar-refractivity contribution in [3.8, 4) is 11.1 Å². The number of amides is 2. The van der Waals surface area contributed by atoms with Crippen LogP contribution in [-0.2, 0) is 19.1 Å². The van der Waals surface area contributed by atoms with Crippen molar-refractivity contribution in [2.75, 3.05) is 19.8 Å². The van der Waals surface area contributed by atoms with Crippen molar-refractivity contribution in [3.63, 3.8) is 0 Å². The average Bonchev–Trinajstić information content (AvgIpc) is 3.43. The van der Waals surface area contributed by atoms with Gasteiger partial charge >= 0.3 is 12.1 Å². The fourth-order valence-corrected chi connectivity index (χ4v) is 4.90. The van der Waals surface area contributed by atoms with Crippen LogP contribution in [0.4, 0.5) is 4.79 Å². The number of carbonyl (C=O) groups is 3. The third-order valence-electron chi connectivity index (χ3n) is 6.85. The maximum Gasteiger partial charge on any atom is 0.407 e. The molecule has 0 saturated carbocycles. The number of carboxylic acid groups (broad SMARTS) is 1. The monoisotopic (exact) mass is 480 g/mol. The summed E-state index contributed by atoms with van der Waals surface area (Å²) >= 11 is 0. The average molecular weight is 481 g/mol. The van der Waals surface area contributed by atoms with Crippen LogP contribution in [0.1, 0.15) is 43.7 Å². The van der Waals surface area contributed by atoms with Gasteiger partial charge in [-0.15, -0.1) is 0 Å². The number of fused-ring (bicyclic) bond motifs is 3. The zero-order valence-corrected chi connectivity index (χ0v) is 20.0. The van der Waals surface area contributed by atoms with E-state index >= 15 is 0 Å². The molecular weight excluding hydrogens is 448 g/mol. The molecule has 3 atom stereocenters. The van der Waals surface area contributed by atoms with E-state index in [1.807, 2.05) is 38.1 Å². The Kier molecular flexibility index (Phi) is 7.70. The van der Waals surface area contributed by atoms with Gasteiger partial charge in [0.05, 0.1) is 6.42 Å². The molecule has 2 aromatic rings. The Hall–Kier alpha value is -3.39. The zero-order chi connectivity index (χ0) is 24.9. The molecule has 2 aliphatic rings. The second-order valence-electron chi connectivity index (χ2n) is 9.50. The van der Waals surface area contributed by atoms with Gasteiger partial charge in [-0.2, -0.15) is 0 Å². The Balaban J connectivity index is 1.30. The van der Waals surface area contributed by atoms with Gasteiger partial charge in [0.25, 0.3) is 0 Å². The van der Waals surface area contributed by atoms with Crippen LogP contribution in [0.3, 0.4) is 0 Å². The smallest absolute Gasteiger partial charge is 0.407 e. The first-order chi connectivity index (χ1) is 16.8. The summed E-state index contributed by atoms with van der Waals surface area (Å²) in [6, 6.07) is 15.8. The van der Waals surface area contributed by atoms with Crippen LogP contribution in [0.5, 0.6) is 0 Å². The van der Waals surface area contributed by atoms with Crippen molar-refractivity contribution in [1.29, 1.82) is 0 Å². The first-order valence-electron chi connectivity index (χ1n) is 12.1. The SMILES string of the molecule is CC(C)[C@H](CC(=O)O)NC(=O)[C@@H]1OCC[C@@H]1CNC(=O)OCC1c2ccccc2-c2ccccc21. The molecule has 1 aliphatic carbocycles. The topological polar surface area (TPSA) is 114 Å². The van der Waals surface area contributed by atoms with Gasteiger partial charge in [0.2, 0.25) is 5.91 Å². The molecule has 3 N–H and O–H groups in total. The number of ether oxygens (including phenoxy) is 2. The molecule has 8 heteroatoms. The number of aliphatic carboxylic acids is 1. The Morgan fingerprint density at radius 3 is 2.29 bits per heavy atom. The number of carboxylic acids is 1. The van der Waals surface area contributed by atoms with E-state index < -0.39 is 24.2 Å². The van der Waals surface area contributed by atoms with Gasteiger partial charge in [0.15, 0.2) is 0 Å². The van der Waals surface area contributed by atoms with Crippen molar-refractivity contribution >= 4 is 18.0 Å². The molecule has 0 radical (unpaired) electrons. The Morgan fingerprint density at radius 1 is 1.06 bits per heavy atom. The lowest BCUT2D eigenvalue weighted by Gasteiger charge is -2.24. The molecule has 186 valence electrons. The second kappa shape index (κ2) is 10.9. The minimum absolute atomic E-state index is 0.0244. The normalized spacial score (nSPS) is 19.6. The molecule has 2 aromatic carbocycles. The summed E-state index contributed by atoms with van der Waals surface area (Å²) in [5, 5.41) is 14.7. The molecule has 0 aromatic heterocycles. The lowest BCUT2D eigenvalue weighted by molar-refractivity contribution is -0.138. The molecule has 4 rings (SSSR count). The van der Waals surface area contributed by atoms with Crippen LogP contribution < -0.4 is 10.6 Å². The molecule has 8 nitrogen and oxygen atoms in total. The third-order valence-corrected chi connectivity index (χ3v) is 6.85. The highest BCUT2D eigenvalue weighted by atomic mass is 16.5. The fourth-order valence-electron chi connectivity index (χ4n) is 4.90. The van der Waals surface area contributed by atoms with Gasteiger partial charge in [-0.25, -0.2) is 4.79 Å². The van der Waals surface area contributed by atoms with E-state index in [9.17, 15) is 14.4 Å². The van der Waals surface area contributed by atoms with Crippen LogP contribution in [0.25, 0.3) is 11.1 Å². The zero-order valence-electron chi connectivity index (χ0n) is 20.0. The number of hydrogen-bond acceptors (Lipinski definition) is 5. The lowest BCUT2D eigenvalue weighted by Crippen LogP contribution is -2.48. The third kappa shape index (κ3) is 5.65. The Bertz CT molecular complexity index is 1040. The molecular formula is C27H32N2O6. The first kappa shape index (κ1) is 24.7. The van der Waals surface area contributed by atoms with Crippen molar-refractivity contribution in [1.82, 2.24) is 10.6 Å². The molecule has 0 bridgehead atoms. The van der Waals surface area contributed by atoms with Gasteiger partial charge in [-0.3, -0.25) is 9.59 Å². The summed E-state index contributed by atoms with van der Waals surface area (Å²) in [6.45, 7) is 4.58. The summed E-state index contributed by atoms with van der Waals surface area (Å²) in [6.07, 6.45) is -0.811. The van der Waals surface area contributed by atoms with Crippen LogP contribution in [0.15, 0.2) is 48.5 Å². The second-order valence-corrected chi connectivity index (χ2v) is 9.50. The maximum absolute atomic E-state index is 12.8. The number of hydrogen-bond donors (Lipinski definition) is 3. The minimum Gasteiger partial charge on any atom is -0.481 e. The number of carbonyl (C=O) groups excluding carboxylic acids is 2. The van der Waals surface area contributed by atoms with E-state index in [-0.39, 0.29) is 43.2 Å². The number of benzene rings is 2. The molecule has 1 aliphatic heterocycles. The summed E-state index contributed by atoms with van der Waals surface area (Å²) in [5.74, 6) is -1.59. The van der Waals surface area contributed by atoms with Gasteiger partial charge in [-0.1, -0.05) is 62.4 Å². The summed E-state index contributed by atoms with van der Waals surface area (Å²) in [4.78, 5) is 36.4. The molecule has 1 saturated heterocycles. The maximum atomic E-state index is 12.8. The predicted molar refractivity (Wildman–Crippen MR) is 130 cm³/mol. The van der Waals surface area contributed by atoms with Crippen molar-refractivity contribution < 1.29 is 29.0 Å². The Morgan fingerprint density at radius 2 is 1.69 bits per heavy atom. The lowest BCUT2D eigenvalue weighted by atomic mass is 9.97. The van der Waals surface area contributed by atoms with Gasteiger partial charge in [0, 0.05) is 31.0 Å².